The molecule has 0 amide bonds. The maximum Gasteiger partial charge on any atom is 0.161 e. The van der Waals surface area contributed by atoms with Crippen LogP contribution in [0.2, 0.25) is 0 Å². The molecule has 1 fully saturated rings. The monoisotopic (exact) mass is 411 g/mol. The van der Waals surface area contributed by atoms with Crippen molar-refractivity contribution in [2.45, 2.75) is 18.8 Å². The van der Waals surface area contributed by atoms with Crippen molar-refractivity contribution in [2.24, 2.45) is 0 Å². The third-order valence-corrected chi connectivity index (χ3v) is 4.89. The molecule has 1 aliphatic rings. The van der Waals surface area contributed by atoms with Crippen molar-refractivity contribution in [3.63, 3.8) is 0 Å². The third kappa shape index (κ3) is 2.92. The van der Waals surface area contributed by atoms with Crippen molar-refractivity contribution >= 4 is 37.7 Å². The van der Waals surface area contributed by atoms with Crippen molar-refractivity contribution in [1.82, 2.24) is 9.97 Å². The summed E-state index contributed by atoms with van der Waals surface area (Å²) in [5.74, 6) is 2.91. The molecule has 0 saturated heterocycles. The van der Waals surface area contributed by atoms with Crippen LogP contribution in [-0.2, 0) is 0 Å². The number of aromatic nitrogens is 2. The van der Waals surface area contributed by atoms with Gasteiger partial charge >= 0.3 is 0 Å². The molecular weight excluding hydrogens is 398 g/mol. The van der Waals surface area contributed by atoms with Crippen LogP contribution in [-0.4, -0.2) is 24.1 Å². The van der Waals surface area contributed by atoms with Crippen LogP contribution in [0.4, 0.5) is 5.82 Å². The average Bonchev–Trinajstić information content (AvgIpc) is 3.32. The lowest BCUT2D eigenvalue weighted by atomic mass is 10.2. The Morgan fingerprint density at radius 1 is 1.24 bits per heavy atom. The predicted molar refractivity (Wildman–Crippen MR) is 90.9 cm³/mol. The van der Waals surface area contributed by atoms with Gasteiger partial charge in [0.2, 0.25) is 0 Å². The highest BCUT2D eigenvalue weighted by molar-refractivity contribution is 9.11. The predicted octanol–water partition coefficient (Wildman–Crippen LogP) is 4.60. The number of ether oxygens (including phenoxy) is 1. The smallest absolute Gasteiger partial charge is 0.161 e. The quantitative estimate of drug-likeness (QED) is 0.797. The summed E-state index contributed by atoms with van der Waals surface area (Å²) in [5, 5.41) is 3.13. The summed E-state index contributed by atoms with van der Waals surface area (Å²) in [4.78, 5) is 9.35. The molecule has 1 heterocycles. The number of rotatable bonds is 4. The van der Waals surface area contributed by atoms with E-state index in [2.05, 4.69) is 42.2 Å². The lowest BCUT2D eigenvalue weighted by Gasteiger charge is -2.11. The first kappa shape index (κ1) is 14.8. The fourth-order valence-electron chi connectivity index (χ4n) is 2.19. The van der Waals surface area contributed by atoms with Gasteiger partial charge in [-0.1, -0.05) is 0 Å². The Morgan fingerprint density at radius 2 is 2.00 bits per heavy atom. The first-order valence-electron chi connectivity index (χ1n) is 6.73. The lowest BCUT2D eigenvalue weighted by Crippen LogP contribution is -2.02. The summed E-state index contributed by atoms with van der Waals surface area (Å²) >= 11 is 7.12. The summed E-state index contributed by atoms with van der Waals surface area (Å²) in [6.45, 7) is 0. The summed E-state index contributed by atoms with van der Waals surface area (Å²) in [6.07, 6.45) is 2.40. The fourth-order valence-corrected chi connectivity index (χ4v) is 3.43. The maximum atomic E-state index is 5.26. The number of anilines is 1. The molecular formula is C15H15Br2N3O. The standard InChI is InChI=1S/C15H15Br2N3O/c1-18-15-12(17)13(8-3-4-8)19-14(20-15)9-5-6-11(21-2)10(16)7-9/h5-8H,3-4H2,1-2H3,(H,18,19,20). The molecule has 1 aromatic heterocycles. The first-order valence-corrected chi connectivity index (χ1v) is 8.31. The van der Waals surface area contributed by atoms with Gasteiger partial charge in [-0.25, -0.2) is 9.97 Å². The van der Waals surface area contributed by atoms with E-state index in [0.717, 1.165) is 37.6 Å². The van der Waals surface area contributed by atoms with Crippen LogP contribution in [0.5, 0.6) is 5.75 Å². The van der Waals surface area contributed by atoms with E-state index in [0.29, 0.717) is 5.92 Å². The van der Waals surface area contributed by atoms with Gasteiger partial charge in [-0.05, 0) is 62.9 Å². The number of nitrogens with zero attached hydrogens (tertiary/aromatic N) is 2. The molecule has 4 nitrogen and oxygen atoms in total. The zero-order valence-electron chi connectivity index (χ0n) is 11.8. The third-order valence-electron chi connectivity index (χ3n) is 3.49. The van der Waals surface area contributed by atoms with E-state index in [1.165, 1.54) is 12.8 Å². The minimum absolute atomic E-state index is 0.551. The second-order valence-corrected chi connectivity index (χ2v) is 6.62. The molecule has 0 spiro atoms. The molecule has 2 aromatic rings. The Bertz CT molecular complexity index is 687. The molecule has 0 radical (unpaired) electrons. The Morgan fingerprint density at radius 3 is 2.57 bits per heavy atom. The Hall–Kier alpha value is -1.14. The molecule has 110 valence electrons. The molecule has 1 aliphatic carbocycles. The van der Waals surface area contributed by atoms with E-state index in [1.807, 2.05) is 25.2 Å². The fraction of sp³-hybridized carbons (Fsp3) is 0.333. The van der Waals surface area contributed by atoms with Gasteiger partial charge < -0.3 is 10.1 Å². The average molecular weight is 413 g/mol. The molecule has 1 saturated carbocycles. The summed E-state index contributed by atoms with van der Waals surface area (Å²) in [7, 11) is 3.53. The molecule has 0 unspecified atom stereocenters. The zero-order valence-corrected chi connectivity index (χ0v) is 15.0. The van der Waals surface area contributed by atoms with Crippen LogP contribution in [0.3, 0.4) is 0 Å². The minimum Gasteiger partial charge on any atom is -0.496 e. The maximum absolute atomic E-state index is 5.26. The summed E-state index contributed by atoms with van der Waals surface area (Å²) in [5.41, 5.74) is 2.06. The van der Waals surface area contributed by atoms with Gasteiger partial charge in [-0.2, -0.15) is 0 Å². The van der Waals surface area contributed by atoms with Gasteiger partial charge in [0.25, 0.3) is 0 Å². The number of benzene rings is 1. The van der Waals surface area contributed by atoms with Gasteiger partial charge in [0, 0.05) is 18.5 Å². The molecule has 21 heavy (non-hydrogen) atoms. The van der Waals surface area contributed by atoms with Crippen LogP contribution in [0.15, 0.2) is 27.1 Å². The van der Waals surface area contributed by atoms with Crippen LogP contribution in [0.25, 0.3) is 11.4 Å². The molecule has 0 aliphatic heterocycles. The van der Waals surface area contributed by atoms with Gasteiger partial charge in [0.1, 0.15) is 11.6 Å². The lowest BCUT2D eigenvalue weighted by molar-refractivity contribution is 0.412. The second-order valence-electron chi connectivity index (χ2n) is 4.97. The Kier molecular flexibility index (Phi) is 4.17. The van der Waals surface area contributed by atoms with Gasteiger partial charge in [0.05, 0.1) is 21.7 Å². The van der Waals surface area contributed by atoms with Crippen LogP contribution >= 0.6 is 31.9 Å². The molecule has 0 atom stereocenters. The largest absolute Gasteiger partial charge is 0.496 e. The number of methoxy groups -OCH3 is 1. The molecule has 6 heteroatoms. The topological polar surface area (TPSA) is 47.0 Å². The van der Waals surface area contributed by atoms with Gasteiger partial charge in [0.15, 0.2) is 5.82 Å². The molecule has 1 aromatic carbocycles. The van der Waals surface area contributed by atoms with Crippen molar-refractivity contribution in [3.05, 3.63) is 32.8 Å². The van der Waals surface area contributed by atoms with E-state index in [1.54, 1.807) is 7.11 Å². The van der Waals surface area contributed by atoms with Crippen LogP contribution in [0.1, 0.15) is 24.5 Å². The van der Waals surface area contributed by atoms with Gasteiger partial charge in [-0.3, -0.25) is 0 Å². The number of hydrogen-bond donors (Lipinski definition) is 1. The van der Waals surface area contributed by atoms with E-state index >= 15 is 0 Å². The van der Waals surface area contributed by atoms with Crippen molar-refractivity contribution in [2.75, 3.05) is 19.5 Å². The highest BCUT2D eigenvalue weighted by atomic mass is 79.9. The van der Waals surface area contributed by atoms with Crippen molar-refractivity contribution < 1.29 is 4.74 Å². The van der Waals surface area contributed by atoms with Crippen LogP contribution < -0.4 is 10.1 Å². The highest BCUT2D eigenvalue weighted by Crippen LogP contribution is 2.44. The SMILES string of the molecule is CNc1nc(-c2ccc(OC)c(Br)c2)nc(C2CC2)c1Br. The summed E-state index contributed by atoms with van der Waals surface area (Å²) in [6, 6.07) is 5.88. The van der Waals surface area contributed by atoms with E-state index < -0.39 is 0 Å². The molecule has 0 bridgehead atoms. The van der Waals surface area contributed by atoms with Crippen molar-refractivity contribution in [1.29, 1.82) is 0 Å². The number of hydrogen-bond acceptors (Lipinski definition) is 4. The number of halogens is 2. The zero-order chi connectivity index (χ0) is 15.0. The Balaban J connectivity index is 2.09. The normalized spacial score (nSPS) is 14.1. The number of nitrogens with one attached hydrogen (secondary N) is 1. The van der Waals surface area contributed by atoms with Crippen molar-refractivity contribution in [3.8, 4) is 17.1 Å². The first-order chi connectivity index (χ1) is 10.1. The molecule has 3 rings (SSSR count). The minimum atomic E-state index is 0.551. The second kappa shape index (κ2) is 5.93. The van der Waals surface area contributed by atoms with E-state index in [-0.39, 0.29) is 0 Å². The Labute approximate surface area is 140 Å². The van der Waals surface area contributed by atoms with E-state index in [4.69, 9.17) is 9.72 Å². The van der Waals surface area contributed by atoms with E-state index in [9.17, 15) is 0 Å². The van der Waals surface area contributed by atoms with Gasteiger partial charge in [-0.15, -0.1) is 0 Å². The van der Waals surface area contributed by atoms with Crippen LogP contribution in [0, 0.1) is 0 Å². The molecule has 1 N–H and O–H groups in total. The highest BCUT2D eigenvalue weighted by Gasteiger charge is 2.29. The summed E-state index contributed by atoms with van der Waals surface area (Å²) < 4.78 is 7.14.